The minimum Gasteiger partial charge on any atom is -0.429 e. The SMILES string of the molecule is CCc1c(Oc2c([N+](=O)[O-])cc([N+](=O)[O-])cc2C(F)(F)F)nn(C(N)=O)c1C. The fourth-order valence-corrected chi connectivity index (χ4v) is 2.47. The minimum atomic E-state index is -5.21. The van der Waals surface area contributed by atoms with Gasteiger partial charge in [-0.25, -0.2) is 4.79 Å². The van der Waals surface area contributed by atoms with Crippen LogP contribution in [0.5, 0.6) is 11.6 Å². The van der Waals surface area contributed by atoms with E-state index in [-0.39, 0.29) is 23.7 Å². The van der Waals surface area contributed by atoms with Gasteiger partial charge in [-0.15, -0.1) is 5.10 Å². The van der Waals surface area contributed by atoms with E-state index in [4.69, 9.17) is 10.5 Å². The Morgan fingerprint density at radius 3 is 2.32 bits per heavy atom. The molecule has 0 unspecified atom stereocenters. The van der Waals surface area contributed by atoms with Gasteiger partial charge >= 0.3 is 17.9 Å². The Balaban J connectivity index is 2.78. The Hall–Kier alpha value is -3.71. The van der Waals surface area contributed by atoms with Gasteiger partial charge in [-0.1, -0.05) is 6.92 Å². The normalized spacial score (nSPS) is 11.3. The number of primary amides is 1. The molecule has 150 valence electrons. The number of aromatic nitrogens is 2. The minimum absolute atomic E-state index is 0.117. The van der Waals surface area contributed by atoms with Crippen molar-refractivity contribution in [1.29, 1.82) is 0 Å². The molecule has 0 aliphatic carbocycles. The van der Waals surface area contributed by atoms with Crippen LogP contribution in [-0.2, 0) is 12.6 Å². The fraction of sp³-hybridized carbons (Fsp3) is 0.286. The number of hydrogen-bond donors (Lipinski definition) is 1. The summed E-state index contributed by atoms with van der Waals surface area (Å²) < 4.78 is 46.0. The second-order valence-corrected chi connectivity index (χ2v) is 5.43. The first-order valence-corrected chi connectivity index (χ1v) is 7.48. The van der Waals surface area contributed by atoms with Crippen molar-refractivity contribution in [2.75, 3.05) is 0 Å². The highest BCUT2D eigenvalue weighted by molar-refractivity contribution is 5.75. The van der Waals surface area contributed by atoms with E-state index in [1.165, 1.54) is 6.92 Å². The average molecular weight is 403 g/mol. The van der Waals surface area contributed by atoms with E-state index in [9.17, 15) is 38.2 Å². The number of amides is 1. The Kier molecular flexibility index (Phi) is 5.24. The van der Waals surface area contributed by atoms with Crippen molar-refractivity contribution in [1.82, 2.24) is 9.78 Å². The lowest BCUT2D eigenvalue weighted by Gasteiger charge is -2.13. The fourth-order valence-electron chi connectivity index (χ4n) is 2.47. The van der Waals surface area contributed by atoms with Crippen LogP contribution in [0, 0.1) is 27.2 Å². The first-order valence-electron chi connectivity index (χ1n) is 7.48. The van der Waals surface area contributed by atoms with Crippen LogP contribution in [0.25, 0.3) is 0 Å². The number of halogens is 3. The molecule has 0 aliphatic heterocycles. The number of nitro benzene ring substituents is 2. The van der Waals surface area contributed by atoms with Crippen LogP contribution in [0.2, 0.25) is 0 Å². The summed E-state index contributed by atoms with van der Waals surface area (Å²) in [5, 5.41) is 25.7. The number of nitrogens with two attached hydrogens (primary N) is 1. The maximum Gasteiger partial charge on any atom is 0.420 e. The van der Waals surface area contributed by atoms with Gasteiger partial charge in [0, 0.05) is 11.6 Å². The molecule has 1 aromatic carbocycles. The third-order valence-electron chi connectivity index (χ3n) is 3.73. The maximum absolute atomic E-state index is 13.4. The molecule has 2 N–H and O–H groups in total. The molecular weight excluding hydrogens is 391 g/mol. The van der Waals surface area contributed by atoms with Crippen molar-refractivity contribution in [3.05, 3.63) is 49.2 Å². The summed E-state index contributed by atoms with van der Waals surface area (Å²) in [6.07, 6.45) is -5.06. The molecule has 2 rings (SSSR count). The molecule has 1 heterocycles. The molecule has 1 amide bonds. The van der Waals surface area contributed by atoms with Gasteiger partial charge < -0.3 is 10.5 Å². The van der Waals surface area contributed by atoms with Gasteiger partial charge in [0.05, 0.1) is 21.6 Å². The van der Waals surface area contributed by atoms with E-state index >= 15 is 0 Å². The first kappa shape index (κ1) is 20.6. The van der Waals surface area contributed by atoms with Crippen LogP contribution >= 0.6 is 0 Å². The van der Waals surface area contributed by atoms with Gasteiger partial charge in [0.1, 0.15) is 5.56 Å². The molecule has 11 nitrogen and oxygen atoms in total. The number of alkyl halides is 3. The van der Waals surface area contributed by atoms with E-state index in [0.29, 0.717) is 10.7 Å². The summed E-state index contributed by atoms with van der Waals surface area (Å²) in [4.78, 5) is 31.0. The summed E-state index contributed by atoms with van der Waals surface area (Å²) in [6, 6.07) is -0.587. The van der Waals surface area contributed by atoms with Gasteiger partial charge in [0.15, 0.2) is 0 Å². The number of non-ortho nitro benzene ring substituents is 1. The van der Waals surface area contributed by atoms with Crippen LogP contribution in [0.15, 0.2) is 12.1 Å². The third kappa shape index (κ3) is 3.70. The zero-order chi connectivity index (χ0) is 21.4. The van der Waals surface area contributed by atoms with Crippen molar-refractivity contribution in [2.24, 2.45) is 5.73 Å². The molecule has 1 aromatic heterocycles. The van der Waals surface area contributed by atoms with E-state index in [0.717, 1.165) is 0 Å². The molecule has 0 radical (unpaired) electrons. The molecular formula is C14H12F3N5O6. The number of rotatable bonds is 5. The molecule has 14 heteroatoms. The van der Waals surface area contributed by atoms with Gasteiger partial charge in [-0.2, -0.15) is 17.9 Å². The van der Waals surface area contributed by atoms with Gasteiger partial charge in [0.2, 0.25) is 11.6 Å². The lowest BCUT2D eigenvalue weighted by Crippen LogP contribution is -2.22. The van der Waals surface area contributed by atoms with Gasteiger partial charge in [-0.3, -0.25) is 20.2 Å². The number of benzene rings is 1. The molecule has 0 bridgehead atoms. The number of hydrogen-bond acceptors (Lipinski definition) is 7. The number of nitro groups is 2. The lowest BCUT2D eigenvalue weighted by atomic mass is 10.1. The molecule has 28 heavy (non-hydrogen) atoms. The molecule has 0 fully saturated rings. The smallest absolute Gasteiger partial charge is 0.420 e. The zero-order valence-electron chi connectivity index (χ0n) is 14.3. The van der Waals surface area contributed by atoms with Crippen molar-refractivity contribution >= 4 is 17.4 Å². The van der Waals surface area contributed by atoms with Crippen LogP contribution in [0.1, 0.15) is 23.7 Å². The van der Waals surface area contributed by atoms with Crippen molar-refractivity contribution < 1.29 is 32.5 Å². The second-order valence-electron chi connectivity index (χ2n) is 5.43. The summed E-state index contributed by atoms with van der Waals surface area (Å²) in [7, 11) is 0. The summed E-state index contributed by atoms with van der Waals surface area (Å²) in [5.41, 5.74) is 1.31. The average Bonchev–Trinajstić information content (AvgIpc) is 2.89. The molecule has 0 atom stereocenters. The van der Waals surface area contributed by atoms with Crippen LogP contribution < -0.4 is 10.5 Å². The van der Waals surface area contributed by atoms with Gasteiger partial charge in [0.25, 0.3) is 5.69 Å². The maximum atomic E-state index is 13.4. The summed E-state index contributed by atoms with van der Waals surface area (Å²) in [5.74, 6) is -1.80. The second kappa shape index (κ2) is 7.13. The topological polar surface area (TPSA) is 156 Å². The van der Waals surface area contributed by atoms with Gasteiger partial charge in [-0.05, 0) is 13.3 Å². The molecule has 0 aliphatic rings. The molecule has 0 saturated carbocycles. The highest BCUT2D eigenvalue weighted by Gasteiger charge is 2.41. The molecule has 2 aromatic rings. The number of ether oxygens (including phenoxy) is 1. The van der Waals surface area contributed by atoms with Crippen LogP contribution in [-0.4, -0.2) is 25.7 Å². The highest BCUT2D eigenvalue weighted by atomic mass is 19.4. The van der Waals surface area contributed by atoms with E-state index in [2.05, 4.69) is 5.10 Å². The van der Waals surface area contributed by atoms with E-state index in [1.807, 2.05) is 0 Å². The van der Waals surface area contributed by atoms with E-state index < -0.39 is 50.6 Å². The Morgan fingerprint density at radius 2 is 1.89 bits per heavy atom. The van der Waals surface area contributed by atoms with Crippen molar-refractivity contribution in [3.8, 4) is 11.6 Å². The number of carbonyl (C=O) groups excluding carboxylic acids is 1. The number of carbonyl (C=O) groups is 1. The predicted octanol–water partition coefficient (Wildman–Crippen LogP) is 3.31. The van der Waals surface area contributed by atoms with Crippen molar-refractivity contribution in [2.45, 2.75) is 26.4 Å². The third-order valence-corrected chi connectivity index (χ3v) is 3.73. The highest BCUT2D eigenvalue weighted by Crippen LogP contribution is 2.46. The zero-order valence-corrected chi connectivity index (χ0v) is 14.3. The quantitative estimate of drug-likeness (QED) is 0.592. The Morgan fingerprint density at radius 1 is 1.29 bits per heavy atom. The molecule has 0 spiro atoms. The molecule has 0 saturated heterocycles. The predicted molar refractivity (Wildman–Crippen MR) is 86.2 cm³/mol. The largest absolute Gasteiger partial charge is 0.429 e. The number of nitrogens with zero attached hydrogens (tertiary/aromatic N) is 4. The summed E-state index contributed by atoms with van der Waals surface area (Å²) in [6.45, 7) is 2.98. The van der Waals surface area contributed by atoms with Crippen LogP contribution in [0.3, 0.4) is 0 Å². The lowest BCUT2D eigenvalue weighted by molar-refractivity contribution is -0.395. The van der Waals surface area contributed by atoms with E-state index in [1.54, 1.807) is 6.92 Å². The van der Waals surface area contributed by atoms with Crippen molar-refractivity contribution in [3.63, 3.8) is 0 Å². The first-order chi connectivity index (χ1) is 12.9. The Labute approximate surface area is 153 Å². The Bertz CT molecular complexity index is 985. The monoisotopic (exact) mass is 403 g/mol. The van der Waals surface area contributed by atoms with Crippen LogP contribution in [0.4, 0.5) is 29.3 Å². The summed E-state index contributed by atoms with van der Waals surface area (Å²) >= 11 is 0. The standard InChI is InChI=1S/C14H12F3N5O6/c1-3-8-6(2)20(13(18)23)19-12(8)28-11-9(14(15,16)17)4-7(21(24)25)5-10(11)22(26)27/h4-5H,3H2,1-2H3,(H2,18,23).